The second kappa shape index (κ2) is 4.02. The lowest BCUT2D eigenvalue weighted by Crippen LogP contribution is -2.56. The maximum Gasteiger partial charge on any atom is 0.223 e. The number of hydrogen-bond donors (Lipinski definition) is 0. The van der Waals surface area contributed by atoms with Gasteiger partial charge in [-0.15, -0.1) is 0 Å². The zero-order chi connectivity index (χ0) is 11.9. The molecule has 3 heteroatoms. The van der Waals surface area contributed by atoms with E-state index in [2.05, 4.69) is 32.6 Å². The van der Waals surface area contributed by atoms with Crippen molar-refractivity contribution in [1.82, 2.24) is 9.80 Å². The first-order chi connectivity index (χ1) is 7.43. The van der Waals surface area contributed by atoms with Gasteiger partial charge in [-0.1, -0.05) is 0 Å². The molecule has 0 N–H and O–H groups in total. The lowest BCUT2D eigenvalue weighted by molar-refractivity contribution is -0.129. The van der Waals surface area contributed by atoms with E-state index in [0.29, 0.717) is 17.9 Å². The molecule has 3 nitrogen and oxygen atoms in total. The summed E-state index contributed by atoms with van der Waals surface area (Å²) in [4.78, 5) is 16.5. The van der Waals surface area contributed by atoms with Gasteiger partial charge in [0, 0.05) is 30.5 Å². The van der Waals surface area contributed by atoms with E-state index in [1.165, 1.54) is 19.5 Å². The molecule has 0 aromatic rings. The Balaban J connectivity index is 2.04. The highest BCUT2D eigenvalue weighted by Crippen LogP contribution is 2.35. The molecule has 2 aliphatic rings. The summed E-state index contributed by atoms with van der Waals surface area (Å²) in [6.45, 7) is 12.2. The molecule has 0 aromatic carbocycles. The van der Waals surface area contributed by atoms with Crippen molar-refractivity contribution in [2.45, 2.75) is 52.1 Å². The minimum Gasteiger partial charge on any atom is -0.340 e. The molecule has 0 spiro atoms. The molecule has 16 heavy (non-hydrogen) atoms. The van der Waals surface area contributed by atoms with Crippen molar-refractivity contribution in [3.63, 3.8) is 0 Å². The van der Waals surface area contributed by atoms with E-state index in [-0.39, 0.29) is 5.54 Å². The second-order valence-corrected chi connectivity index (χ2v) is 6.04. The van der Waals surface area contributed by atoms with Crippen LogP contribution < -0.4 is 0 Å². The van der Waals surface area contributed by atoms with Crippen molar-refractivity contribution >= 4 is 5.91 Å². The highest BCUT2D eigenvalue weighted by Gasteiger charge is 2.44. The van der Waals surface area contributed by atoms with Crippen molar-refractivity contribution in [3.05, 3.63) is 0 Å². The molecule has 0 aliphatic carbocycles. The van der Waals surface area contributed by atoms with Crippen LogP contribution in [0.2, 0.25) is 0 Å². The van der Waals surface area contributed by atoms with Gasteiger partial charge >= 0.3 is 0 Å². The summed E-state index contributed by atoms with van der Waals surface area (Å²) >= 11 is 0. The average molecular weight is 224 g/mol. The van der Waals surface area contributed by atoms with Crippen LogP contribution in [0.5, 0.6) is 0 Å². The molecule has 2 fully saturated rings. The maximum absolute atomic E-state index is 11.9. The van der Waals surface area contributed by atoms with Gasteiger partial charge in [-0.05, 0) is 47.2 Å². The summed E-state index contributed by atoms with van der Waals surface area (Å²) in [5.41, 5.74) is 0.192. The van der Waals surface area contributed by atoms with Crippen molar-refractivity contribution in [3.8, 4) is 0 Å². The highest BCUT2D eigenvalue weighted by molar-refractivity contribution is 5.79. The highest BCUT2D eigenvalue weighted by atomic mass is 16.2. The van der Waals surface area contributed by atoms with Gasteiger partial charge in [-0.25, -0.2) is 0 Å². The van der Waals surface area contributed by atoms with Gasteiger partial charge in [-0.2, -0.15) is 0 Å². The largest absolute Gasteiger partial charge is 0.340 e. The SMILES string of the molecule is CC(C)N1CC(C(C)(C)N2CCC2)CC1=O. The van der Waals surface area contributed by atoms with Crippen LogP contribution >= 0.6 is 0 Å². The summed E-state index contributed by atoms with van der Waals surface area (Å²) in [7, 11) is 0. The Labute approximate surface area is 98.8 Å². The standard InChI is InChI=1S/C13H24N2O/c1-10(2)15-9-11(8-12(15)16)13(3,4)14-6-5-7-14/h10-11H,5-9H2,1-4H3. The number of amides is 1. The third-order valence-electron chi connectivity index (χ3n) is 4.45. The number of carbonyl (C=O) groups is 1. The van der Waals surface area contributed by atoms with Crippen LogP contribution in [0, 0.1) is 5.92 Å². The molecule has 0 aromatic heterocycles. The Morgan fingerprint density at radius 2 is 1.94 bits per heavy atom. The third kappa shape index (κ3) is 1.86. The van der Waals surface area contributed by atoms with Crippen molar-refractivity contribution in [2.24, 2.45) is 5.92 Å². The number of carbonyl (C=O) groups excluding carboxylic acids is 1. The van der Waals surface area contributed by atoms with Crippen LogP contribution in [0.4, 0.5) is 0 Å². The molecular formula is C13H24N2O. The van der Waals surface area contributed by atoms with Gasteiger partial charge in [0.25, 0.3) is 0 Å². The van der Waals surface area contributed by atoms with E-state index in [0.717, 1.165) is 13.0 Å². The summed E-state index contributed by atoms with van der Waals surface area (Å²) in [6, 6.07) is 0.352. The fraction of sp³-hybridized carbons (Fsp3) is 0.923. The first-order valence-corrected chi connectivity index (χ1v) is 6.47. The Bertz CT molecular complexity index is 282. The van der Waals surface area contributed by atoms with Crippen LogP contribution in [0.3, 0.4) is 0 Å². The molecule has 1 amide bonds. The Morgan fingerprint density at radius 1 is 1.31 bits per heavy atom. The van der Waals surface area contributed by atoms with E-state index < -0.39 is 0 Å². The fourth-order valence-corrected chi connectivity index (χ4v) is 2.85. The van der Waals surface area contributed by atoms with Gasteiger partial charge in [0.1, 0.15) is 0 Å². The van der Waals surface area contributed by atoms with Crippen molar-refractivity contribution < 1.29 is 4.79 Å². The minimum atomic E-state index is 0.192. The Kier molecular flexibility index (Phi) is 2.99. The van der Waals surface area contributed by atoms with E-state index >= 15 is 0 Å². The third-order valence-corrected chi connectivity index (χ3v) is 4.45. The van der Waals surface area contributed by atoms with Crippen LogP contribution in [-0.4, -0.2) is 46.9 Å². The molecule has 1 atom stereocenters. The zero-order valence-corrected chi connectivity index (χ0v) is 11.0. The van der Waals surface area contributed by atoms with E-state index in [9.17, 15) is 4.79 Å². The normalized spacial score (nSPS) is 27.7. The summed E-state index contributed by atoms with van der Waals surface area (Å²) in [6.07, 6.45) is 2.06. The van der Waals surface area contributed by atoms with Gasteiger partial charge < -0.3 is 4.90 Å². The quantitative estimate of drug-likeness (QED) is 0.729. The molecule has 1 unspecified atom stereocenters. The number of rotatable bonds is 3. The molecule has 0 bridgehead atoms. The van der Waals surface area contributed by atoms with Crippen LogP contribution in [0.25, 0.3) is 0 Å². The molecule has 2 saturated heterocycles. The molecule has 2 aliphatic heterocycles. The molecule has 0 saturated carbocycles. The molecule has 92 valence electrons. The first kappa shape index (κ1) is 11.9. The number of likely N-dealkylation sites (tertiary alicyclic amines) is 2. The number of hydrogen-bond acceptors (Lipinski definition) is 2. The lowest BCUT2D eigenvalue weighted by atomic mass is 9.83. The van der Waals surface area contributed by atoms with Gasteiger partial charge in [0.15, 0.2) is 0 Å². The van der Waals surface area contributed by atoms with Crippen LogP contribution in [-0.2, 0) is 4.79 Å². The topological polar surface area (TPSA) is 23.6 Å². The zero-order valence-electron chi connectivity index (χ0n) is 11.0. The predicted octanol–water partition coefficient (Wildman–Crippen LogP) is 1.73. The van der Waals surface area contributed by atoms with Crippen molar-refractivity contribution in [2.75, 3.05) is 19.6 Å². The summed E-state index contributed by atoms with van der Waals surface area (Å²) < 4.78 is 0. The first-order valence-electron chi connectivity index (χ1n) is 6.47. The predicted molar refractivity (Wildman–Crippen MR) is 65.2 cm³/mol. The van der Waals surface area contributed by atoms with E-state index in [4.69, 9.17) is 0 Å². The molecular weight excluding hydrogens is 200 g/mol. The smallest absolute Gasteiger partial charge is 0.223 e. The molecule has 2 rings (SSSR count). The summed E-state index contributed by atoms with van der Waals surface area (Å²) in [5, 5.41) is 0. The molecule has 2 heterocycles. The minimum absolute atomic E-state index is 0.192. The lowest BCUT2D eigenvalue weighted by Gasteiger charge is -2.48. The van der Waals surface area contributed by atoms with Crippen LogP contribution in [0.1, 0.15) is 40.5 Å². The maximum atomic E-state index is 11.9. The average Bonchev–Trinajstić information content (AvgIpc) is 2.43. The Hall–Kier alpha value is -0.570. The van der Waals surface area contributed by atoms with Gasteiger partial charge in [0.05, 0.1) is 0 Å². The summed E-state index contributed by atoms with van der Waals surface area (Å²) in [5.74, 6) is 0.844. The molecule has 0 radical (unpaired) electrons. The number of nitrogens with zero attached hydrogens (tertiary/aromatic N) is 2. The second-order valence-electron chi connectivity index (χ2n) is 6.04. The fourth-order valence-electron chi connectivity index (χ4n) is 2.85. The Morgan fingerprint density at radius 3 is 2.31 bits per heavy atom. The van der Waals surface area contributed by atoms with E-state index in [1.807, 2.05) is 4.90 Å². The van der Waals surface area contributed by atoms with Gasteiger partial charge in [0.2, 0.25) is 5.91 Å². The van der Waals surface area contributed by atoms with Crippen LogP contribution in [0.15, 0.2) is 0 Å². The van der Waals surface area contributed by atoms with Gasteiger partial charge in [-0.3, -0.25) is 9.69 Å². The monoisotopic (exact) mass is 224 g/mol. The van der Waals surface area contributed by atoms with Crippen molar-refractivity contribution in [1.29, 1.82) is 0 Å². The van der Waals surface area contributed by atoms with E-state index in [1.54, 1.807) is 0 Å².